The van der Waals surface area contributed by atoms with Crippen LogP contribution in [-0.2, 0) is 22.4 Å². The second-order valence-corrected chi connectivity index (χ2v) is 6.56. The van der Waals surface area contributed by atoms with E-state index in [0.29, 0.717) is 12.8 Å². The highest BCUT2D eigenvalue weighted by Crippen LogP contribution is 2.25. The average Bonchev–Trinajstić information content (AvgIpc) is 2.82. The number of fused-ring (bicyclic) bond motifs is 2. The van der Waals surface area contributed by atoms with Gasteiger partial charge in [0, 0.05) is 35.6 Å². The number of carbonyl (C=O) groups excluding carboxylic acids is 2. The lowest BCUT2D eigenvalue weighted by Crippen LogP contribution is -2.15. The Morgan fingerprint density at radius 1 is 1.08 bits per heavy atom. The first-order valence-electron chi connectivity index (χ1n) is 8.73. The topological polar surface area (TPSA) is 71.1 Å². The number of anilines is 2. The van der Waals surface area contributed by atoms with Crippen LogP contribution in [0.25, 0.3) is 10.8 Å². The van der Waals surface area contributed by atoms with Gasteiger partial charge in [-0.3, -0.25) is 14.6 Å². The molecule has 5 nitrogen and oxygen atoms in total. The molecule has 0 bridgehead atoms. The van der Waals surface area contributed by atoms with Gasteiger partial charge in [0.2, 0.25) is 11.8 Å². The minimum absolute atomic E-state index is 0.0482. The molecule has 1 aromatic heterocycles. The highest BCUT2D eigenvalue weighted by Gasteiger charge is 2.14. The Morgan fingerprint density at radius 3 is 2.92 bits per heavy atom. The number of carbonyl (C=O) groups is 2. The molecular formula is C21H19N3O2. The molecular weight excluding hydrogens is 326 g/mol. The van der Waals surface area contributed by atoms with Gasteiger partial charge in [-0.15, -0.1) is 0 Å². The van der Waals surface area contributed by atoms with Crippen LogP contribution in [-0.4, -0.2) is 16.8 Å². The Hall–Kier alpha value is -3.21. The van der Waals surface area contributed by atoms with E-state index in [1.807, 2.05) is 48.7 Å². The molecule has 0 saturated heterocycles. The molecule has 2 amide bonds. The van der Waals surface area contributed by atoms with Gasteiger partial charge < -0.3 is 10.6 Å². The molecule has 0 fully saturated rings. The Bertz CT molecular complexity index is 997. The van der Waals surface area contributed by atoms with Crippen LogP contribution >= 0.6 is 0 Å². The van der Waals surface area contributed by atoms with E-state index in [0.717, 1.165) is 46.1 Å². The molecule has 2 N–H and O–H groups in total. The third-order valence-electron chi connectivity index (χ3n) is 4.58. The van der Waals surface area contributed by atoms with Gasteiger partial charge in [-0.2, -0.15) is 0 Å². The zero-order valence-electron chi connectivity index (χ0n) is 14.3. The first-order valence-corrected chi connectivity index (χ1v) is 8.73. The molecule has 0 aliphatic carbocycles. The molecule has 0 radical (unpaired) electrons. The van der Waals surface area contributed by atoms with Gasteiger partial charge in [-0.05, 0) is 53.6 Å². The highest BCUT2D eigenvalue weighted by atomic mass is 16.2. The van der Waals surface area contributed by atoms with Crippen molar-refractivity contribution in [2.75, 3.05) is 10.6 Å². The van der Waals surface area contributed by atoms with Crippen molar-refractivity contribution in [2.24, 2.45) is 0 Å². The summed E-state index contributed by atoms with van der Waals surface area (Å²) in [5.74, 6) is -0.0111. The average molecular weight is 345 g/mol. The summed E-state index contributed by atoms with van der Waals surface area (Å²) in [6, 6.07) is 13.5. The number of aryl methyl sites for hydroxylation is 1. The number of nitrogens with zero attached hydrogens (tertiary/aromatic N) is 1. The van der Waals surface area contributed by atoms with Gasteiger partial charge in [-0.25, -0.2) is 0 Å². The summed E-state index contributed by atoms with van der Waals surface area (Å²) in [4.78, 5) is 28.1. The molecule has 1 aliphatic rings. The SMILES string of the molecule is O=C(Cc1ccc2cnccc2c1)Nc1ccc2c(c1)CCCC(=O)N2. The highest BCUT2D eigenvalue weighted by molar-refractivity contribution is 5.95. The fourth-order valence-corrected chi connectivity index (χ4v) is 3.29. The van der Waals surface area contributed by atoms with Gasteiger partial charge in [0.1, 0.15) is 0 Å². The van der Waals surface area contributed by atoms with E-state index in [4.69, 9.17) is 0 Å². The van der Waals surface area contributed by atoms with E-state index >= 15 is 0 Å². The second kappa shape index (κ2) is 6.96. The first-order chi connectivity index (χ1) is 12.7. The van der Waals surface area contributed by atoms with E-state index < -0.39 is 0 Å². The molecule has 0 saturated carbocycles. The van der Waals surface area contributed by atoms with E-state index in [9.17, 15) is 9.59 Å². The molecule has 0 spiro atoms. The fraction of sp³-hybridized carbons (Fsp3) is 0.190. The summed E-state index contributed by atoms with van der Waals surface area (Å²) in [6.45, 7) is 0. The van der Waals surface area contributed by atoms with Crippen LogP contribution in [0.5, 0.6) is 0 Å². The van der Waals surface area contributed by atoms with Crippen molar-refractivity contribution in [2.45, 2.75) is 25.7 Å². The van der Waals surface area contributed by atoms with Crippen molar-refractivity contribution in [3.63, 3.8) is 0 Å². The van der Waals surface area contributed by atoms with Crippen molar-refractivity contribution in [3.05, 3.63) is 66.0 Å². The summed E-state index contributed by atoms with van der Waals surface area (Å²) in [6.07, 6.45) is 6.06. The number of hydrogen-bond donors (Lipinski definition) is 2. The van der Waals surface area contributed by atoms with Crippen molar-refractivity contribution in [1.29, 1.82) is 0 Å². The second-order valence-electron chi connectivity index (χ2n) is 6.56. The lowest BCUT2D eigenvalue weighted by atomic mass is 10.1. The Labute approximate surface area is 151 Å². The van der Waals surface area contributed by atoms with E-state index in [1.165, 1.54) is 0 Å². The maximum atomic E-state index is 12.4. The van der Waals surface area contributed by atoms with Crippen molar-refractivity contribution >= 4 is 34.0 Å². The number of amides is 2. The molecule has 3 aromatic rings. The van der Waals surface area contributed by atoms with Crippen LogP contribution in [0.2, 0.25) is 0 Å². The molecule has 5 heteroatoms. The lowest BCUT2D eigenvalue weighted by molar-refractivity contribution is -0.116. The van der Waals surface area contributed by atoms with Gasteiger partial charge in [0.15, 0.2) is 0 Å². The number of pyridine rings is 1. The van der Waals surface area contributed by atoms with Crippen molar-refractivity contribution < 1.29 is 9.59 Å². The van der Waals surface area contributed by atoms with E-state index in [1.54, 1.807) is 6.20 Å². The number of benzene rings is 2. The maximum Gasteiger partial charge on any atom is 0.228 e. The van der Waals surface area contributed by atoms with Gasteiger partial charge in [-0.1, -0.05) is 18.2 Å². The van der Waals surface area contributed by atoms with Gasteiger partial charge >= 0.3 is 0 Å². The molecule has 0 unspecified atom stereocenters. The summed E-state index contributed by atoms with van der Waals surface area (Å²) in [5.41, 5.74) is 3.62. The third-order valence-corrected chi connectivity index (χ3v) is 4.58. The number of rotatable bonds is 3. The van der Waals surface area contributed by atoms with E-state index in [2.05, 4.69) is 15.6 Å². The molecule has 4 rings (SSSR count). The largest absolute Gasteiger partial charge is 0.326 e. The zero-order chi connectivity index (χ0) is 17.9. The number of nitrogens with one attached hydrogen (secondary N) is 2. The Balaban J connectivity index is 1.47. The van der Waals surface area contributed by atoms with Crippen LogP contribution in [0.1, 0.15) is 24.0 Å². The monoisotopic (exact) mass is 345 g/mol. The molecule has 1 aliphatic heterocycles. The Morgan fingerprint density at radius 2 is 2.00 bits per heavy atom. The standard InChI is InChI=1S/C21H19N3O2/c25-20-3-1-2-16-12-18(6-7-19(16)24-20)23-21(26)11-14-4-5-17-13-22-9-8-15(17)10-14/h4-10,12-13H,1-3,11H2,(H,23,26)(H,24,25). The molecule has 26 heavy (non-hydrogen) atoms. The van der Waals surface area contributed by atoms with Crippen LogP contribution in [0.15, 0.2) is 54.9 Å². The van der Waals surface area contributed by atoms with Gasteiger partial charge in [0.25, 0.3) is 0 Å². The normalized spacial score (nSPS) is 13.6. The van der Waals surface area contributed by atoms with Crippen LogP contribution in [0, 0.1) is 0 Å². The van der Waals surface area contributed by atoms with Crippen LogP contribution < -0.4 is 10.6 Å². The maximum absolute atomic E-state index is 12.4. The van der Waals surface area contributed by atoms with Gasteiger partial charge in [0.05, 0.1) is 6.42 Å². The van der Waals surface area contributed by atoms with Crippen LogP contribution in [0.3, 0.4) is 0 Å². The number of hydrogen-bond acceptors (Lipinski definition) is 3. The summed E-state index contributed by atoms with van der Waals surface area (Å²) >= 11 is 0. The van der Waals surface area contributed by atoms with Crippen LogP contribution in [0.4, 0.5) is 11.4 Å². The quantitative estimate of drug-likeness (QED) is 0.760. The Kier molecular flexibility index (Phi) is 4.35. The van der Waals surface area contributed by atoms with Crippen molar-refractivity contribution in [1.82, 2.24) is 4.98 Å². The third kappa shape index (κ3) is 3.57. The summed E-state index contributed by atoms with van der Waals surface area (Å²) in [5, 5.41) is 7.99. The fourth-order valence-electron chi connectivity index (χ4n) is 3.29. The summed E-state index contributed by atoms with van der Waals surface area (Å²) in [7, 11) is 0. The molecule has 130 valence electrons. The molecule has 2 heterocycles. The minimum Gasteiger partial charge on any atom is -0.326 e. The molecule has 2 aromatic carbocycles. The first kappa shape index (κ1) is 16.3. The smallest absolute Gasteiger partial charge is 0.228 e. The van der Waals surface area contributed by atoms with Crippen molar-refractivity contribution in [3.8, 4) is 0 Å². The lowest BCUT2D eigenvalue weighted by Gasteiger charge is -2.11. The minimum atomic E-state index is -0.0592. The van der Waals surface area contributed by atoms with E-state index in [-0.39, 0.29) is 11.8 Å². The predicted molar refractivity (Wildman–Crippen MR) is 102 cm³/mol. The predicted octanol–water partition coefficient (Wildman–Crippen LogP) is 3.69. The number of aromatic nitrogens is 1. The molecule has 0 atom stereocenters. The summed E-state index contributed by atoms with van der Waals surface area (Å²) < 4.78 is 0. The zero-order valence-corrected chi connectivity index (χ0v) is 14.3.